The molecule has 3 aliphatic rings. The molecule has 21 heavy (non-hydrogen) atoms. The largest absolute Gasteiger partial charge is 0.480 e. The molecular formula is C16H29N3O2. The molecule has 4 unspecified atom stereocenters. The molecule has 0 radical (unpaired) electrons. The minimum Gasteiger partial charge on any atom is -0.480 e. The molecule has 3 rings (SSSR count). The maximum atomic E-state index is 11.8. The van der Waals surface area contributed by atoms with Crippen LogP contribution in [0.25, 0.3) is 0 Å². The molecule has 0 spiro atoms. The molecule has 4 atom stereocenters. The van der Waals surface area contributed by atoms with Gasteiger partial charge >= 0.3 is 5.97 Å². The third-order valence-electron chi connectivity index (χ3n) is 5.74. The maximum absolute atomic E-state index is 11.8. The second-order valence-corrected chi connectivity index (χ2v) is 7.66. The third-order valence-corrected chi connectivity index (χ3v) is 5.74. The Morgan fingerprint density at radius 2 is 2.00 bits per heavy atom. The van der Waals surface area contributed by atoms with Crippen molar-refractivity contribution < 1.29 is 9.90 Å². The maximum Gasteiger partial charge on any atom is 0.323 e. The lowest BCUT2D eigenvalue weighted by Gasteiger charge is -2.29. The highest BCUT2D eigenvalue weighted by molar-refractivity contribution is 5.79. The van der Waals surface area contributed by atoms with E-state index in [4.69, 9.17) is 0 Å². The molecule has 0 aromatic rings. The molecule has 5 heteroatoms. The smallest absolute Gasteiger partial charge is 0.323 e. The van der Waals surface area contributed by atoms with Crippen molar-refractivity contribution in [3.63, 3.8) is 0 Å². The highest BCUT2D eigenvalue weighted by Gasteiger charge is 2.50. The molecule has 1 heterocycles. The van der Waals surface area contributed by atoms with Gasteiger partial charge in [-0.25, -0.2) is 0 Å². The Kier molecular flexibility index (Phi) is 4.01. The van der Waals surface area contributed by atoms with Gasteiger partial charge in [0.1, 0.15) is 5.54 Å². The fraction of sp³-hybridized carbons (Fsp3) is 0.938. The standard InChI is InChI=1S/C16H29N3O2/c1-11-9-19(10-14(11)18(2)3)13-6-7-16(8-13,15(20)21)17-12-4-5-12/h11-14,17H,4-10H2,1-3H3,(H,20,21). The summed E-state index contributed by atoms with van der Waals surface area (Å²) in [5.41, 5.74) is -0.661. The topological polar surface area (TPSA) is 55.8 Å². The number of likely N-dealkylation sites (N-methyl/N-ethyl adjacent to an activating group) is 1. The van der Waals surface area contributed by atoms with Gasteiger partial charge in [0.2, 0.25) is 0 Å². The van der Waals surface area contributed by atoms with E-state index in [9.17, 15) is 9.90 Å². The van der Waals surface area contributed by atoms with Gasteiger partial charge in [-0.05, 0) is 52.1 Å². The monoisotopic (exact) mass is 295 g/mol. The van der Waals surface area contributed by atoms with Crippen molar-refractivity contribution in [3.05, 3.63) is 0 Å². The van der Waals surface area contributed by atoms with E-state index < -0.39 is 11.5 Å². The summed E-state index contributed by atoms with van der Waals surface area (Å²) >= 11 is 0. The van der Waals surface area contributed by atoms with Crippen LogP contribution in [-0.4, -0.2) is 71.7 Å². The Morgan fingerprint density at radius 1 is 1.29 bits per heavy atom. The van der Waals surface area contributed by atoms with Crippen molar-refractivity contribution >= 4 is 5.97 Å². The quantitative estimate of drug-likeness (QED) is 0.792. The van der Waals surface area contributed by atoms with E-state index in [-0.39, 0.29) is 0 Å². The van der Waals surface area contributed by atoms with Crippen molar-refractivity contribution in [1.29, 1.82) is 0 Å². The van der Waals surface area contributed by atoms with E-state index in [0.717, 1.165) is 45.2 Å². The van der Waals surface area contributed by atoms with Gasteiger partial charge in [0.25, 0.3) is 0 Å². The van der Waals surface area contributed by atoms with E-state index in [0.29, 0.717) is 24.0 Å². The number of carboxylic acid groups (broad SMARTS) is 1. The molecule has 1 aliphatic heterocycles. The van der Waals surface area contributed by atoms with Crippen molar-refractivity contribution in [1.82, 2.24) is 15.1 Å². The van der Waals surface area contributed by atoms with Gasteiger partial charge in [-0.1, -0.05) is 6.92 Å². The number of carbonyl (C=O) groups is 1. The number of hydrogen-bond acceptors (Lipinski definition) is 4. The zero-order valence-electron chi connectivity index (χ0n) is 13.5. The Hall–Kier alpha value is -0.650. The van der Waals surface area contributed by atoms with Crippen LogP contribution >= 0.6 is 0 Å². The van der Waals surface area contributed by atoms with Crippen LogP contribution in [0.5, 0.6) is 0 Å². The van der Waals surface area contributed by atoms with Crippen molar-refractivity contribution in [2.24, 2.45) is 5.92 Å². The summed E-state index contributed by atoms with van der Waals surface area (Å²) < 4.78 is 0. The van der Waals surface area contributed by atoms with Crippen LogP contribution in [0.15, 0.2) is 0 Å². The molecule has 3 fully saturated rings. The van der Waals surface area contributed by atoms with Crippen LogP contribution in [0, 0.1) is 5.92 Å². The fourth-order valence-electron chi connectivity index (χ4n) is 4.29. The van der Waals surface area contributed by atoms with E-state index in [1.54, 1.807) is 0 Å². The molecule has 2 saturated carbocycles. The molecule has 0 amide bonds. The number of rotatable bonds is 5. The number of likely N-dealkylation sites (tertiary alicyclic amines) is 1. The highest BCUT2D eigenvalue weighted by atomic mass is 16.4. The molecule has 0 aromatic carbocycles. The first-order valence-electron chi connectivity index (χ1n) is 8.33. The van der Waals surface area contributed by atoms with Crippen LogP contribution in [0.4, 0.5) is 0 Å². The molecule has 2 N–H and O–H groups in total. The predicted octanol–water partition coefficient (Wildman–Crippen LogP) is 0.996. The first kappa shape index (κ1) is 15.3. The van der Waals surface area contributed by atoms with Crippen LogP contribution in [-0.2, 0) is 4.79 Å². The van der Waals surface area contributed by atoms with Gasteiger partial charge in [0.05, 0.1) is 0 Å². The van der Waals surface area contributed by atoms with E-state index >= 15 is 0 Å². The number of hydrogen-bond donors (Lipinski definition) is 2. The Morgan fingerprint density at radius 3 is 2.52 bits per heavy atom. The summed E-state index contributed by atoms with van der Waals surface area (Å²) in [5.74, 6) is 0.0181. The minimum absolute atomic E-state index is 0.430. The second-order valence-electron chi connectivity index (χ2n) is 7.66. The fourth-order valence-corrected chi connectivity index (χ4v) is 4.29. The minimum atomic E-state index is -0.661. The van der Waals surface area contributed by atoms with Gasteiger partial charge in [0, 0.05) is 31.2 Å². The molecule has 5 nitrogen and oxygen atoms in total. The lowest BCUT2D eigenvalue weighted by Crippen LogP contribution is -2.52. The van der Waals surface area contributed by atoms with Gasteiger partial charge in [0.15, 0.2) is 0 Å². The van der Waals surface area contributed by atoms with Crippen molar-refractivity contribution in [2.75, 3.05) is 27.2 Å². The molecule has 0 aromatic heterocycles. The summed E-state index contributed by atoms with van der Waals surface area (Å²) in [6.45, 7) is 4.50. The molecular weight excluding hydrogens is 266 g/mol. The van der Waals surface area contributed by atoms with Crippen LogP contribution in [0.1, 0.15) is 39.0 Å². The molecule has 1 saturated heterocycles. The lowest BCUT2D eigenvalue weighted by molar-refractivity contribution is -0.145. The van der Waals surface area contributed by atoms with Crippen LogP contribution in [0.3, 0.4) is 0 Å². The molecule has 2 aliphatic carbocycles. The number of aliphatic carboxylic acids is 1. The number of nitrogens with zero attached hydrogens (tertiary/aromatic N) is 2. The van der Waals surface area contributed by atoms with Gasteiger partial charge in [-0.2, -0.15) is 0 Å². The molecule has 0 bridgehead atoms. The van der Waals surface area contributed by atoms with Gasteiger partial charge in [-0.3, -0.25) is 15.0 Å². The average Bonchev–Trinajstić information content (AvgIpc) is 2.96. The summed E-state index contributed by atoms with van der Waals surface area (Å²) in [7, 11) is 4.30. The first-order valence-corrected chi connectivity index (χ1v) is 8.33. The van der Waals surface area contributed by atoms with Crippen LogP contribution < -0.4 is 5.32 Å². The van der Waals surface area contributed by atoms with E-state index in [2.05, 4.69) is 36.1 Å². The van der Waals surface area contributed by atoms with Gasteiger partial charge < -0.3 is 10.0 Å². The second kappa shape index (κ2) is 5.52. The average molecular weight is 295 g/mol. The first-order chi connectivity index (χ1) is 9.91. The normalized spacial score (nSPS) is 41.0. The van der Waals surface area contributed by atoms with Crippen LogP contribution in [0.2, 0.25) is 0 Å². The number of nitrogens with one attached hydrogen (secondary N) is 1. The third kappa shape index (κ3) is 2.96. The Balaban J connectivity index is 1.64. The zero-order valence-corrected chi connectivity index (χ0v) is 13.5. The van der Waals surface area contributed by atoms with Crippen molar-refractivity contribution in [3.8, 4) is 0 Å². The summed E-state index contributed by atoms with van der Waals surface area (Å²) in [6, 6.07) is 1.48. The number of carboxylic acids is 1. The van der Waals surface area contributed by atoms with E-state index in [1.807, 2.05) is 0 Å². The Bertz CT molecular complexity index is 410. The van der Waals surface area contributed by atoms with Gasteiger partial charge in [-0.15, -0.1) is 0 Å². The highest BCUT2D eigenvalue weighted by Crippen LogP contribution is 2.38. The summed E-state index contributed by atoms with van der Waals surface area (Å²) in [4.78, 5) is 16.6. The predicted molar refractivity (Wildman–Crippen MR) is 82.4 cm³/mol. The summed E-state index contributed by atoms with van der Waals surface area (Å²) in [6.07, 6.45) is 4.85. The Labute approximate surface area is 127 Å². The van der Waals surface area contributed by atoms with E-state index in [1.165, 1.54) is 0 Å². The summed E-state index contributed by atoms with van der Waals surface area (Å²) in [5, 5.41) is 13.1. The molecule has 120 valence electrons. The van der Waals surface area contributed by atoms with Crippen molar-refractivity contribution in [2.45, 2.75) is 62.7 Å². The zero-order chi connectivity index (χ0) is 15.2. The SMILES string of the molecule is CC1CN(C2CCC(NC3CC3)(C(=O)O)C2)CC1N(C)C. The lowest BCUT2D eigenvalue weighted by atomic mass is 9.97.